The first kappa shape index (κ1) is 14.7. The topological polar surface area (TPSA) is 70.8 Å². The molecule has 0 radical (unpaired) electrons. The van der Waals surface area contributed by atoms with Crippen LogP contribution in [0.4, 0.5) is 0 Å². The zero-order chi connectivity index (χ0) is 15.7. The first-order valence-electron chi connectivity index (χ1n) is 6.94. The van der Waals surface area contributed by atoms with E-state index in [2.05, 4.69) is 0 Å². The van der Waals surface area contributed by atoms with E-state index >= 15 is 0 Å². The number of amides is 1. The number of halogens is 1. The van der Waals surface area contributed by atoms with Gasteiger partial charge in [-0.05, 0) is 37.1 Å². The summed E-state index contributed by atoms with van der Waals surface area (Å²) in [5.41, 5.74) is 0.694. The van der Waals surface area contributed by atoms with Crippen molar-refractivity contribution >= 4 is 23.5 Å². The zero-order valence-electron chi connectivity index (χ0n) is 11.7. The molecule has 0 atom stereocenters. The predicted molar refractivity (Wildman–Crippen MR) is 80.8 cm³/mol. The smallest absolute Gasteiger partial charge is 0.323 e. The molecule has 22 heavy (non-hydrogen) atoms. The number of benzene rings is 1. The number of carboxylic acids is 1. The number of aliphatic carboxylic acids is 1. The summed E-state index contributed by atoms with van der Waals surface area (Å²) in [5, 5.41) is 9.46. The highest BCUT2D eigenvalue weighted by atomic mass is 35.5. The predicted octanol–water partition coefficient (Wildman–Crippen LogP) is 3.29. The molecular formula is C16H14ClNO4. The molecule has 0 unspecified atom stereocenters. The monoisotopic (exact) mass is 319 g/mol. The van der Waals surface area contributed by atoms with Crippen LogP contribution in [-0.2, 0) is 4.79 Å². The summed E-state index contributed by atoms with van der Waals surface area (Å²) in [6.07, 6.45) is 1.66. The third-order valence-corrected chi connectivity index (χ3v) is 3.84. The number of furan rings is 1. The Balaban J connectivity index is 1.85. The van der Waals surface area contributed by atoms with Crippen molar-refractivity contribution in [1.29, 1.82) is 0 Å². The minimum atomic E-state index is -1.03. The number of carbonyl (C=O) groups is 2. The fourth-order valence-electron chi connectivity index (χ4n) is 2.30. The van der Waals surface area contributed by atoms with E-state index in [1.54, 1.807) is 24.3 Å². The van der Waals surface area contributed by atoms with E-state index in [9.17, 15) is 9.59 Å². The Kier molecular flexibility index (Phi) is 3.90. The summed E-state index contributed by atoms with van der Waals surface area (Å²) in [4.78, 5) is 24.7. The molecular weight excluding hydrogens is 306 g/mol. The second-order valence-corrected chi connectivity index (χ2v) is 5.61. The van der Waals surface area contributed by atoms with Gasteiger partial charge in [-0.15, -0.1) is 0 Å². The Morgan fingerprint density at radius 3 is 2.59 bits per heavy atom. The number of hydrogen-bond acceptors (Lipinski definition) is 3. The Morgan fingerprint density at radius 1 is 1.23 bits per heavy atom. The van der Waals surface area contributed by atoms with Crippen LogP contribution in [-0.4, -0.2) is 34.5 Å². The second kappa shape index (κ2) is 5.85. The minimum Gasteiger partial charge on any atom is -0.480 e. The largest absolute Gasteiger partial charge is 0.480 e. The van der Waals surface area contributed by atoms with E-state index in [1.165, 1.54) is 4.90 Å². The zero-order valence-corrected chi connectivity index (χ0v) is 12.4. The molecule has 1 N–H and O–H groups in total. The van der Waals surface area contributed by atoms with Crippen molar-refractivity contribution in [3.8, 4) is 11.3 Å². The number of carbonyl (C=O) groups excluding carboxylic acids is 1. The average Bonchev–Trinajstić information content (AvgIpc) is 3.21. The number of carboxylic acid groups (broad SMARTS) is 1. The maximum absolute atomic E-state index is 12.4. The van der Waals surface area contributed by atoms with Crippen LogP contribution in [0.3, 0.4) is 0 Å². The fourth-order valence-corrected chi connectivity index (χ4v) is 2.53. The van der Waals surface area contributed by atoms with Gasteiger partial charge in [0.05, 0.1) is 5.02 Å². The van der Waals surface area contributed by atoms with Crippen molar-refractivity contribution < 1.29 is 19.1 Å². The molecule has 3 rings (SSSR count). The highest BCUT2D eigenvalue weighted by Gasteiger charge is 2.35. The van der Waals surface area contributed by atoms with Crippen molar-refractivity contribution in [2.45, 2.75) is 18.9 Å². The molecule has 1 heterocycles. The van der Waals surface area contributed by atoms with Gasteiger partial charge in [0.15, 0.2) is 5.76 Å². The van der Waals surface area contributed by atoms with Crippen LogP contribution < -0.4 is 0 Å². The van der Waals surface area contributed by atoms with Crippen LogP contribution >= 0.6 is 11.6 Å². The van der Waals surface area contributed by atoms with Crippen LogP contribution in [0.1, 0.15) is 23.4 Å². The molecule has 0 aliphatic heterocycles. The first-order valence-corrected chi connectivity index (χ1v) is 7.31. The normalized spacial score (nSPS) is 13.9. The van der Waals surface area contributed by atoms with E-state index in [4.69, 9.17) is 21.1 Å². The minimum absolute atomic E-state index is 0.00235. The van der Waals surface area contributed by atoms with Gasteiger partial charge < -0.3 is 14.4 Å². The van der Waals surface area contributed by atoms with Gasteiger partial charge in [-0.2, -0.15) is 0 Å². The molecule has 6 heteroatoms. The Labute approximate surface area is 132 Å². The van der Waals surface area contributed by atoms with Crippen molar-refractivity contribution in [1.82, 2.24) is 4.90 Å². The summed E-state index contributed by atoms with van der Waals surface area (Å²) >= 11 is 6.11. The molecule has 1 aromatic carbocycles. The summed E-state index contributed by atoms with van der Waals surface area (Å²) in [5.74, 6) is -0.815. The molecule has 1 aliphatic rings. The van der Waals surface area contributed by atoms with Crippen LogP contribution in [0.25, 0.3) is 11.3 Å². The Morgan fingerprint density at radius 2 is 1.95 bits per heavy atom. The molecule has 1 saturated carbocycles. The van der Waals surface area contributed by atoms with Gasteiger partial charge in [0.25, 0.3) is 5.91 Å². The van der Waals surface area contributed by atoms with Gasteiger partial charge in [-0.1, -0.05) is 23.7 Å². The van der Waals surface area contributed by atoms with E-state index in [0.717, 1.165) is 12.8 Å². The number of rotatable bonds is 5. The SMILES string of the molecule is O=C(O)CN(C(=O)c1ccc(-c2ccccc2Cl)o1)C1CC1. The van der Waals surface area contributed by atoms with Gasteiger partial charge in [-0.3, -0.25) is 9.59 Å². The Hall–Kier alpha value is -2.27. The number of nitrogens with zero attached hydrogens (tertiary/aromatic N) is 1. The van der Waals surface area contributed by atoms with Crippen LogP contribution in [0.5, 0.6) is 0 Å². The summed E-state index contributed by atoms with van der Waals surface area (Å²) in [6.45, 7) is -0.314. The quantitative estimate of drug-likeness (QED) is 0.918. The van der Waals surface area contributed by atoms with E-state index in [0.29, 0.717) is 16.3 Å². The molecule has 1 fully saturated rings. The van der Waals surface area contributed by atoms with Crippen LogP contribution in [0.15, 0.2) is 40.8 Å². The van der Waals surface area contributed by atoms with Gasteiger partial charge in [0, 0.05) is 11.6 Å². The fraction of sp³-hybridized carbons (Fsp3) is 0.250. The maximum Gasteiger partial charge on any atom is 0.323 e. The van der Waals surface area contributed by atoms with E-state index in [-0.39, 0.29) is 18.3 Å². The summed E-state index contributed by atoms with van der Waals surface area (Å²) in [6, 6.07) is 10.4. The highest BCUT2D eigenvalue weighted by Crippen LogP contribution is 2.31. The van der Waals surface area contributed by atoms with Gasteiger partial charge >= 0.3 is 5.97 Å². The van der Waals surface area contributed by atoms with Crippen molar-refractivity contribution in [3.63, 3.8) is 0 Å². The van der Waals surface area contributed by atoms with Crippen molar-refractivity contribution in [2.75, 3.05) is 6.54 Å². The van der Waals surface area contributed by atoms with E-state index < -0.39 is 11.9 Å². The molecule has 5 nitrogen and oxygen atoms in total. The summed E-state index contributed by atoms with van der Waals surface area (Å²) in [7, 11) is 0. The molecule has 1 aliphatic carbocycles. The lowest BCUT2D eigenvalue weighted by atomic mass is 10.2. The molecule has 0 saturated heterocycles. The molecule has 1 aromatic heterocycles. The second-order valence-electron chi connectivity index (χ2n) is 5.20. The lowest BCUT2D eigenvalue weighted by molar-refractivity contribution is -0.137. The van der Waals surface area contributed by atoms with Gasteiger partial charge in [-0.25, -0.2) is 0 Å². The third-order valence-electron chi connectivity index (χ3n) is 3.51. The van der Waals surface area contributed by atoms with Gasteiger partial charge in [0.1, 0.15) is 12.3 Å². The molecule has 0 spiro atoms. The average molecular weight is 320 g/mol. The highest BCUT2D eigenvalue weighted by molar-refractivity contribution is 6.33. The molecule has 1 amide bonds. The van der Waals surface area contributed by atoms with Crippen molar-refractivity contribution in [3.05, 3.63) is 47.2 Å². The molecule has 2 aromatic rings. The lowest BCUT2D eigenvalue weighted by Crippen LogP contribution is -2.37. The standard InChI is InChI=1S/C16H14ClNO4/c17-12-4-2-1-3-11(12)13-7-8-14(22-13)16(21)18(9-15(19)20)10-5-6-10/h1-4,7-8,10H,5-6,9H2,(H,19,20). The van der Waals surface area contributed by atoms with E-state index in [1.807, 2.05) is 12.1 Å². The van der Waals surface area contributed by atoms with Gasteiger partial charge in [0.2, 0.25) is 0 Å². The van der Waals surface area contributed by atoms with Crippen LogP contribution in [0, 0.1) is 0 Å². The lowest BCUT2D eigenvalue weighted by Gasteiger charge is -2.18. The number of hydrogen-bond donors (Lipinski definition) is 1. The summed E-state index contributed by atoms with van der Waals surface area (Å²) < 4.78 is 5.58. The van der Waals surface area contributed by atoms with Crippen LogP contribution in [0.2, 0.25) is 5.02 Å². The Bertz CT molecular complexity index is 720. The maximum atomic E-state index is 12.4. The van der Waals surface area contributed by atoms with Crippen molar-refractivity contribution in [2.24, 2.45) is 0 Å². The third kappa shape index (κ3) is 2.99. The molecule has 0 bridgehead atoms. The molecule has 114 valence electrons. The first-order chi connectivity index (χ1) is 10.6.